The van der Waals surface area contributed by atoms with Gasteiger partial charge in [0.2, 0.25) is 10.0 Å². The summed E-state index contributed by atoms with van der Waals surface area (Å²) in [5.41, 5.74) is 1.23. The molecule has 1 atom stereocenters. The molecule has 26 heavy (non-hydrogen) atoms. The lowest BCUT2D eigenvalue weighted by Crippen LogP contribution is -2.43. The summed E-state index contributed by atoms with van der Waals surface area (Å²) in [5, 5.41) is 8.96. The van der Waals surface area contributed by atoms with Crippen LogP contribution in [0.1, 0.15) is 17.5 Å². The molecule has 0 aliphatic heterocycles. The van der Waals surface area contributed by atoms with Gasteiger partial charge < -0.3 is 9.84 Å². The van der Waals surface area contributed by atoms with Crippen LogP contribution in [0.15, 0.2) is 60.7 Å². The van der Waals surface area contributed by atoms with E-state index in [0.29, 0.717) is 11.1 Å². The summed E-state index contributed by atoms with van der Waals surface area (Å²) in [6.45, 7) is -0.0732. The molecule has 0 spiro atoms. The summed E-state index contributed by atoms with van der Waals surface area (Å²) in [7, 11) is -3.92. The number of carbonyl (C=O) groups is 2. The van der Waals surface area contributed by atoms with E-state index in [2.05, 4.69) is 4.72 Å². The first kappa shape index (κ1) is 19.6. The second-order valence-corrected chi connectivity index (χ2v) is 7.36. The molecule has 0 aliphatic rings. The normalized spacial score (nSPS) is 12.3. The Morgan fingerprint density at radius 2 is 1.50 bits per heavy atom. The molecule has 0 unspecified atom stereocenters. The van der Waals surface area contributed by atoms with E-state index < -0.39 is 34.4 Å². The quantitative estimate of drug-likeness (QED) is 0.644. The van der Waals surface area contributed by atoms with Gasteiger partial charge in [-0.25, -0.2) is 13.1 Å². The highest BCUT2D eigenvalue weighted by Crippen LogP contribution is 2.08. The molecule has 0 heterocycles. The van der Waals surface area contributed by atoms with Crippen LogP contribution in [-0.2, 0) is 36.7 Å². The van der Waals surface area contributed by atoms with E-state index in [1.807, 2.05) is 0 Å². The van der Waals surface area contributed by atoms with Crippen LogP contribution in [0.4, 0.5) is 0 Å². The lowest BCUT2D eigenvalue weighted by molar-refractivity contribution is -0.150. The summed E-state index contributed by atoms with van der Waals surface area (Å²) < 4.78 is 31.7. The molecule has 0 fully saturated rings. The SMILES string of the molecule is O=C(O)C[C@@H](NS(=O)(=O)Cc1ccccc1)C(=O)OCc1ccccc1. The summed E-state index contributed by atoms with van der Waals surface area (Å²) in [5.74, 6) is -2.61. The zero-order chi connectivity index (χ0) is 19.0. The third kappa shape index (κ3) is 6.66. The number of rotatable bonds is 9. The zero-order valence-electron chi connectivity index (χ0n) is 13.9. The minimum atomic E-state index is -3.92. The molecule has 0 radical (unpaired) electrons. The number of ether oxygens (including phenoxy) is 1. The van der Waals surface area contributed by atoms with Crippen molar-refractivity contribution in [3.05, 3.63) is 71.8 Å². The molecule has 0 saturated carbocycles. The van der Waals surface area contributed by atoms with Crippen molar-refractivity contribution in [2.24, 2.45) is 0 Å². The Bertz CT molecular complexity index is 836. The molecule has 0 aromatic heterocycles. The average Bonchev–Trinajstić information content (AvgIpc) is 2.60. The van der Waals surface area contributed by atoms with E-state index in [-0.39, 0.29) is 12.4 Å². The van der Waals surface area contributed by atoms with Crippen LogP contribution in [0, 0.1) is 0 Å². The van der Waals surface area contributed by atoms with Gasteiger partial charge >= 0.3 is 11.9 Å². The molecule has 2 aromatic carbocycles. The first-order valence-corrected chi connectivity index (χ1v) is 9.47. The minimum absolute atomic E-state index is 0.0732. The van der Waals surface area contributed by atoms with Crippen LogP contribution in [0.25, 0.3) is 0 Å². The van der Waals surface area contributed by atoms with Gasteiger partial charge in [0.25, 0.3) is 0 Å². The Balaban J connectivity index is 2.03. The maximum atomic E-state index is 12.3. The summed E-state index contributed by atoms with van der Waals surface area (Å²) in [6.07, 6.45) is -0.707. The van der Waals surface area contributed by atoms with E-state index >= 15 is 0 Å². The fourth-order valence-electron chi connectivity index (χ4n) is 2.23. The number of carbonyl (C=O) groups excluding carboxylic acids is 1. The van der Waals surface area contributed by atoms with E-state index in [9.17, 15) is 18.0 Å². The second kappa shape index (κ2) is 9.12. The van der Waals surface area contributed by atoms with Crippen molar-refractivity contribution in [1.82, 2.24) is 4.72 Å². The molecule has 8 heteroatoms. The maximum Gasteiger partial charge on any atom is 0.325 e. The largest absolute Gasteiger partial charge is 0.481 e. The molecule has 2 rings (SSSR count). The van der Waals surface area contributed by atoms with Crippen LogP contribution >= 0.6 is 0 Å². The molecule has 138 valence electrons. The van der Waals surface area contributed by atoms with Crippen LogP contribution < -0.4 is 4.72 Å². The van der Waals surface area contributed by atoms with E-state index in [4.69, 9.17) is 9.84 Å². The number of carboxylic acids is 1. The number of benzene rings is 2. The number of esters is 1. The van der Waals surface area contributed by atoms with Crippen LogP contribution in [0.5, 0.6) is 0 Å². The molecule has 0 bridgehead atoms. The second-order valence-electron chi connectivity index (χ2n) is 5.61. The highest BCUT2D eigenvalue weighted by Gasteiger charge is 2.28. The topological polar surface area (TPSA) is 110 Å². The predicted octanol–water partition coefficient (Wildman–Crippen LogP) is 1.69. The molecule has 2 aromatic rings. The van der Waals surface area contributed by atoms with Gasteiger partial charge in [0.1, 0.15) is 12.6 Å². The van der Waals surface area contributed by atoms with E-state index in [0.717, 1.165) is 0 Å². The molecule has 0 amide bonds. The Hall–Kier alpha value is -2.71. The van der Waals surface area contributed by atoms with Gasteiger partial charge in [-0.3, -0.25) is 9.59 Å². The Labute approximate surface area is 151 Å². The fourth-order valence-corrected chi connectivity index (χ4v) is 3.56. The third-order valence-electron chi connectivity index (χ3n) is 3.41. The van der Waals surface area contributed by atoms with Gasteiger partial charge in [0, 0.05) is 0 Å². The minimum Gasteiger partial charge on any atom is -0.481 e. The zero-order valence-corrected chi connectivity index (χ0v) is 14.7. The van der Waals surface area contributed by atoms with Crippen LogP contribution in [0.2, 0.25) is 0 Å². The van der Waals surface area contributed by atoms with Crippen LogP contribution in [-0.4, -0.2) is 31.5 Å². The number of carboxylic acid groups (broad SMARTS) is 1. The van der Waals surface area contributed by atoms with Crippen molar-refractivity contribution < 1.29 is 27.9 Å². The Morgan fingerprint density at radius 3 is 2.04 bits per heavy atom. The summed E-state index contributed by atoms with van der Waals surface area (Å²) >= 11 is 0. The number of nitrogens with one attached hydrogen (secondary N) is 1. The van der Waals surface area contributed by atoms with Gasteiger partial charge in [-0.1, -0.05) is 60.7 Å². The van der Waals surface area contributed by atoms with Gasteiger partial charge in [-0.2, -0.15) is 0 Å². The number of aliphatic carboxylic acids is 1. The van der Waals surface area contributed by atoms with Gasteiger partial charge in [-0.05, 0) is 11.1 Å². The molecule has 0 aliphatic carbocycles. The molecule has 7 nitrogen and oxygen atoms in total. The first-order chi connectivity index (χ1) is 12.4. The van der Waals surface area contributed by atoms with E-state index in [1.165, 1.54) is 0 Å². The number of sulfonamides is 1. The first-order valence-electron chi connectivity index (χ1n) is 7.82. The smallest absolute Gasteiger partial charge is 0.325 e. The molecule has 0 saturated heterocycles. The van der Waals surface area contributed by atoms with Crippen molar-refractivity contribution in [3.63, 3.8) is 0 Å². The lowest BCUT2D eigenvalue weighted by Gasteiger charge is -2.16. The van der Waals surface area contributed by atoms with Crippen molar-refractivity contribution in [2.45, 2.75) is 24.8 Å². The summed E-state index contributed by atoms with van der Waals surface area (Å²) in [4.78, 5) is 23.2. The van der Waals surface area contributed by atoms with Crippen molar-refractivity contribution in [1.29, 1.82) is 0 Å². The molecular weight excluding hydrogens is 358 g/mol. The predicted molar refractivity (Wildman–Crippen MR) is 94.5 cm³/mol. The molecular formula is C18H19NO6S. The highest BCUT2D eigenvalue weighted by atomic mass is 32.2. The van der Waals surface area contributed by atoms with Gasteiger partial charge in [0.05, 0.1) is 12.2 Å². The molecule has 2 N–H and O–H groups in total. The van der Waals surface area contributed by atoms with Crippen molar-refractivity contribution >= 4 is 22.0 Å². The van der Waals surface area contributed by atoms with Crippen molar-refractivity contribution in [2.75, 3.05) is 0 Å². The highest BCUT2D eigenvalue weighted by molar-refractivity contribution is 7.88. The summed E-state index contributed by atoms with van der Waals surface area (Å²) in [6, 6.07) is 15.7. The standard InChI is InChI=1S/C18H19NO6S/c20-17(21)11-16(18(22)25-12-14-7-3-1-4-8-14)19-26(23,24)13-15-9-5-2-6-10-15/h1-10,16,19H,11-13H2,(H,20,21)/t16-/m1/s1. The van der Waals surface area contributed by atoms with Gasteiger partial charge in [0.15, 0.2) is 0 Å². The van der Waals surface area contributed by atoms with Gasteiger partial charge in [-0.15, -0.1) is 0 Å². The fraction of sp³-hybridized carbons (Fsp3) is 0.222. The van der Waals surface area contributed by atoms with Crippen LogP contribution in [0.3, 0.4) is 0 Å². The number of hydrogen-bond acceptors (Lipinski definition) is 5. The monoisotopic (exact) mass is 377 g/mol. The lowest BCUT2D eigenvalue weighted by atomic mass is 10.2. The number of hydrogen-bond donors (Lipinski definition) is 2. The van der Waals surface area contributed by atoms with E-state index in [1.54, 1.807) is 60.7 Å². The maximum absolute atomic E-state index is 12.3. The Morgan fingerprint density at radius 1 is 0.962 bits per heavy atom. The third-order valence-corrected chi connectivity index (χ3v) is 4.77. The Kier molecular flexibility index (Phi) is 6.88. The van der Waals surface area contributed by atoms with Crippen molar-refractivity contribution in [3.8, 4) is 0 Å². The average molecular weight is 377 g/mol.